The van der Waals surface area contributed by atoms with Crippen molar-refractivity contribution in [1.82, 2.24) is 0 Å². The summed E-state index contributed by atoms with van der Waals surface area (Å²) in [6.07, 6.45) is 0. The molecule has 170 valence electrons. The quantitative estimate of drug-likeness (QED) is 0.258. The average molecular weight is 515 g/mol. The normalized spacial score (nSPS) is 17.4. The van der Waals surface area contributed by atoms with Crippen molar-refractivity contribution in [2.75, 3.05) is 19.0 Å². The molecule has 0 radical (unpaired) electrons. The van der Waals surface area contributed by atoms with Gasteiger partial charge in [-0.3, -0.25) is 0 Å². The van der Waals surface area contributed by atoms with Crippen LogP contribution < -0.4 is 24.2 Å². The standard InChI is InChI=1S/C26H22AsN3O4/c1-30(2)22-17-15-21(16-18-22)29-28-20-13-11-19(12-14-20)27(31-23-7-3-4-8-24(23)32-27)33-25-9-5-6-10-26(25)34-27/h3-18H,1-2H3. The number of benzene rings is 4. The zero-order chi connectivity index (χ0) is 23.2. The molecule has 4 aromatic carbocycles. The predicted molar refractivity (Wildman–Crippen MR) is 132 cm³/mol. The monoisotopic (exact) mass is 515 g/mol. The molecule has 0 atom stereocenters. The average Bonchev–Trinajstić information content (AvgIpc) is 3.38. The van der Waals surface area contributed by atoms with Crippen LogP contribution in [0.5, 0.6) is 23.0 Å². The number of fused-ring (bicyclic) bond motifs is 2. The molecular weight excluding hydrogens is 493 g/mol. The second kappa shape index (κ2) is 7.54. The van der Waals surface area contributed by atoms with Crippen LogP contribution in [0.3, 0.4) is 0 Å². The molecule has 34 heavy (non-hydrogen) atoms. The first-order valence-corrected chi connectivity index (χ1v) is 14.8. The molecule has 0 bridgehead atoms. The summed E-state index contributed by atoms with van der Waals surface area (Å²) in [5.41, 5.74) is 2.57. The Kier molecular flexibility index (Phi) is 4.57. The van der Waals surface area contributed by atoms with Crippen molar-refractivity contribution >= 4 is 35.2 Å². The van der Waals surface area contributed by atoms with Crippen molar-refractivity contribution < 1.29 is 14.9 Å². The first-order valence-electron chi connectivity index (χ1n) is 10.8. The van der Waals surface area contributed by atoms with E-state index in [0.717, 1.165) is 11.4 Å². The van der Waals surface area contributed by atoms with Gasteiger partial charge in [0, 0.05) is 0 Å². The van der Waals surface area contributed by atoms with E-state index in [9.17, 15) is 0 Å². The summed E-state index contributed by atoms with van der Waals surface area (Å²) in [6.45, 7) is 0. The number of para-hydroxylation sites is 4. The van der Waals surface area contributed by atoms with Gasteiger partial charge in [-0.25, -0.2) is 0 Å². The molecule has 0 saturated heterocycles. The summed E-state index contributed by atoms with van der Waals surface area (Å²) in [6, 6.07) is 30.4. The Hall–Kier alpha value is -3.96. The van der Waals surface area contributed by atoms with Gasteiger partial charge in [0.05, 0.1) is 0 Å². The third-order valence-corrected chi connectivity index (χ3v) is 12.3. The van der Waals surface area contributed by atoms with Crippen LogP contribution in [0.4, 0.5) is 17.1 Å². The number of nitrogens with zero attached hydrogens (tertiary/aromatic N) is 3. The molecule has 0 amide bonds. The van der Waals surface area contributed by atoms with Crippen LogP contribution in [0.15, 0.2) is 107 Å². The summed E-state index contributed by atoms with van der Waals surface area (Å²) in [4.78, 5) is 2.04. The number of hydrogen-bond acceptors (Lipinski definition) is 7. The summed E-state index contributed by atoms with van der Waals surface area (Å²) in [5, 5.41) is 8.73. The third-order valence-electron chi connectivity index (χ3n) is 5.64. The Morgan fingerprint density at radius 1 is 0.529 bits per heavy atom. The second-order valence-electron chi connectivity index (χ2n) is 8.20. The molecule has 2 aliphatic rings. The Balaban J connectivity index is 1.33. The van der Waals surface area contributed by atoms with Gasteiger partial charge in [-0.15, -0.1) is 0 Å². The Bertz CT molecular complexity index is 1290. The maximum absolute atomic E-state index is 6.47. The molecule has 7 nitrogen and oxygen atoms in total. The molecule has 2 aliphatic heterocycles. The van der Waals surface area contributed by atoms with E-state index in [1.54, 1.807) is 0 Å². The predicted octanol–water partition coefficient (Wildman–Crippen LogP) is 5.71. The van der Waals surface area contributed by atoms with Crippen molar-refractivity contribution in [1.29, 1.82) is 0 Å². The minimum absolute atomic E-state index is 0.603. The first-order chi connectivity index (χ1) is 16.5. The van der Waals surface area contributed by atoms with Crippen LogP contribution in [-0.2, 0) is 0 Å². The molecular formula is C26H22AsN3O4. The summed E-state index contributed by atoms with van der Waals surface area (Å²) in [7, 11) is 4.00. The van der Waals surface area contributed by atoms with E-state index in [4.69, 9.17) is 14.9 Å². The van der Waals surface area contributed by atoms with Gasteiger partial charge in [-0.1, -0.05) is 0 Å². The van der Waals surface area contributed by atoms with E-state index in [-0.39, 0.29) is 0 Å². The summed E-state index contributed by atoms with van der Waals surface area (Å²) < 4.78 is 26.6. The molecule has 0 aliphatic carbocycles. The first kappa shape index (κ1) is 20.6. The fourth-order valence-corrected chi connectivity index (χ4v) is 10.7. The fourth-order valence-electron chi connectivity index (χ4n) is 3.90. The van der Waals surface area contributed by atoms with Gasteiger partial charge in [-0.05, 0) is 0 Å². The summed E-state index contributed by atoms with van der Waals surface area (Å²) >= 11 is -4.92. The second-order valence-corrected chi connectivity index (χ2v) is 14.2. The molecule has 0 saturated carbocycles. The van der Waals surface area contributed by atoms with E-state index in [1.807, 2.05) is 116 Å². The molecule has 0 N–H and O–H groups in total. The maximum atomic E-state index is 6.47. The molecule has 4 aromatic rings. The molecule has 1 spiro atoms. The number of rotatable bonds is 4. The Morgan fingerprint density at radius 3 is 1.29 bits per heavy atom. The topological polar surface area (TPSA) is 64.9 Å². The van der Waals surface area contributed by atoms with E-state index in [0.29, 0.717) is 33.0 Å². The zero-order valence-corrected chi connectivity index (χ0v) is 20.5. The fraction of sp³-hybridized carbons (Fsp3) is 0.0769. The van der Waals surface area contributed by atoms with E-state index in [2.05, 4.69) is 10.2 Å². The van der Waals surface area contributed by atoms with Crippen molar-refractivity contribution in [2.24, 2.45) is 10.2 Å². The van der Waals surface area contributed by atoms with E-state index >= 15 is 0 Å². The molecule has 0 unspecified atom stereocenters. The number of anilines is 1. The van der Waals surface area contributed by atoms with Crippen LogP contribution in [0, 0.1) is 0 Å². The van der Waals surface area contributed by atoms with Crippen molar-refractivity contribution in [2.45, 2.75) is 0 Å². The Morgan fingerprint density at radius 2 is 0.912 bits per heavy atom. The van der Waals surface area contributed by atoms with Crippen LogP contribution in [0.1, 0.15) is 0 Å². The van der Waals surface area contributed by atoms with Crippen LogP contribution >= 0.6 is 0 Å². The molecule has 8 heteroatoms. The van der Waals surface area contributed by atoms with Crippen molar-refractivity contribution in [3.8, 4) is 23.0 Å². The van der Waals surface area contributed by atoms with Crippen LogP contribution in [0.2, 0.25) is 0 Å². The van der Waals surface area contributed by atoms with Crippen molar-refractivity contribution in [3.63, 3.8) is 0 Å². The van der Waals surface area contributed by atoms with Gasteiger partial charge < -0.3 is 0 Å². The SMILES string of the molecule is CN(C)c1ccc(N=Nc2ccc([As]34(Oc5ccccc5O3)Oc3ccccc3O4)cc2)cc1. The van der Waals surface area contributed by atoms with Gasteiger partial charge in [0.25, 0.3) is 0 Å². The molecule has 0 aromatic heterocycles. The number of azo groups is 1. The van der Waals surface area contributed by atoms with Gasteiger partial charge in [0.15, 0.2) is 0 Å². The van der Waals surface area contributed by atoms with Gasteiger partial charge in [0.2, 0.25) is 0 Å². The zero-order valence-electron chi connectivity index (χ0n) is 18.7. The van der Waals surface area contributed by atoms with Crippen LogP contribution in [-0.4, -0.2) is 27.9 Å². The van der Waals surface area contributed by atoms with Gasteiger partial charge in [0.1, 0.15) is 0 Å². The van der Waals surface area contributed by atoms with Gasteiger partial charge >= 0.3 is 199 Å². The van der Waals surface area contributed by atoms with E-state index < -0.39 is 13.8 Å². The molecule has 0 fully saturated rings. The minimum atomic E-state index is -4.92. The van der Waals surface area contributed by atoms with Crippen LogP contribution in [0.25, 0.3) is 0 Å². The third kappa shape index (κ3) is 3.28. The Labute approximate surface area is 199 Å². The van der Waals surface area contributed by atoms with Gasteiger partial charge in [-0.2, -0.15) is 0 Å². The van der Waals surface area contributed by atoms with Crippen molar-refractivity contribution in [3.05, 3.63) is 97.1 Å². The molecule has 2 heterocycles. The molecule has 6 rings (SSSR count). The number of hydrogen-bond donors (Lipinski definition) is 0. The van der Waals surface area contributed by atoms with E-state index in [1.165, 1.54) is 0 Å². The summed E-state index contributed by atoms with van der Waals surface area (Å²) in [5.74, 6) is 2.41.